The molecular weight excluding hydrogens is 647 g/mol. The number of nitrogens with one attached hydrogen (secondary N) is 2. The van der Waals surface area contributed by atoms with E-state index in [1.165, 1.54) is 0 Å². The number of ether oxygens (including phenoxy) is 1. The van der Waals surface area contributed by atoms with E-state index in [2.05, 4.69) is 32.3 Å². The summed E-state index contributed by atoms with van der Waals surface area (Å²) in [6, 6.07) is 22.8. The molecule has 0 unspecified atom stereocenters. The summed E-state index contributed by atoms with van der Waals surface area (Å²) in [4.78, 5) is 50.9. The molecule has 0 atom stereocenters. The Morgan fingerprint density at radius 1 is 0.863 bits per heavy atom. The van der Waals surface area contributed by atoms with E-state index in [0.717, 1.165) is 50.3 Å². The standard InChI is InChI=1S/C40H47FN6O4/c1-4-5-16-45(2)34-12-13-36(35(26-34)37-25-32(14-15-42-37)38(48)43-28-30-9-6-8-29(23-30)27-41)44-39(49)31-10-7-11-33(24-31)40(50)46(3)17-18-47-19-21-51-22-20-47/h6-15,23-26H,4-5,16-22,27-28H2,1-3H3,(H,43,48)(H,44,49). The molecule has 11 heteroatoms. The molecule has 10 nitrogen and oxygen atoms in total. The second-order valence-corrected chi connectivity index (χ2v) is 12.8. The molecule has 4 aromatic rings. The van der Waals surface area contributed by atoms with Gasteiger partial charge in [0.05, 0.1) is 24.6 Å². The van der Waals surface area contributed by atoms with Gasteiger partial charge in [0, 0.05) is 87.5 Å². The predicted molar refractivity (Wildman–Crippen MR) is 199 cm³/mol. The molecule has 1 fully saturated rings. The van der Waals surface area contributed by atoms with E-state index in [1.54, 1.807) is 72.7 Å². The number of halogens is 1. The van der Waals surface area contributed by atoms with Crippen LogP contribution in [0.2, 0.25) is 0 Å². The third-order valence-corrected chi connectivity index (χ3v) is 9.01. The van der Waals surface area contributed by atoms with Gasteiger partial charge in [-0.25, -0.2) is 4.39 Å². The lowest BCUT2D eigenvalue weighted by Crippen LogP contribution is -2.41. The van der Waals surface area contributed by atoms with Gasteiger partial charge in [-0.3, -0.25) is 24.3 Å². The fraction of sp³-hybridized carbons (Fsp3) is 0.350. The zero-order valence-corrected chi connectivity index (χ0v) is 29.7. The normalized spacial score (nSPS) is 13.0. The average Bonchev–Trinajstić information content (AvgIpc) is 3.18. The average molecular weight is 695 g/mol. The molecule has 268 valence electrons. The van der Waals surface area contributed by atoms with Gasteiger partial charge in [0.1, 0.15) is 6.67 Å². The Balaban J connectivity index is 1.35. The highest BCUT2D eigenvalue weighted by atomic mass is 19.1. The number of anilines is 2. The van der Waals surface area contributed by atoms with E-state index in [4.69, 9.17) is 4.74 Å². The summed E-state index contributed by atoms with van der Waals surface area (Å²) in [5, 5.41) is 5.94. The number of hydrogen-bond donors (Lipinski definition) is 2. The van der Waals surface area contributed by atoms with Gasteiger partial charge < -0.3 is 25.2 Å². The molecule has 3 aromatic carbocycles. The number of pyridine rings is 1. The van der Waals surface area contributed by atoms with E-state index in [0.29, 0.717) is 59.0 Å². The van der Waals surface area contributed by atoms with Crippen molar-refractivity contribution >= 4 is 29.1 Å². The highest BCUT2D eigenvalue weighted by Gasteiger charge is 2.19. The van der Waals surface area contributed by atoms with Crippen LogP contribution in [-0.2, 0) is 18.0 Å². The summed E-state index contributed by atoms with van der Waals surface area (Å²) in [5.74, 6) is -0.839. The Morgan fingerprint density at radius 2 is 1.61 bits per heavy atom. The highest BCUT2D eigenvalue weighted by Crippen LogP contribution is 2.32. The van der Waals surface area contributed by atoms with Crippen LogP contribution in [0.5, 0.6) is 0 Å². The molecule has 5 rings (SSSR count). The predicted octanol–water partition coefficient (Wildman–Crippen LogP) is 6.04. The number of carbonyl (C=O) groups excluding carboxylic acids is 3. The number of aromatic nitrogens is 1. The monoisotopic (exact) mass is 694 g/mol. The maximum absolute atomic E-state index is 13.7. The number of rotatable bonds is 15. The number of likely N-dealkylation sites (N-methyl/N-ethyl adjacent to an activating group) is 1. The smallest absolute Gasteiger partial charge is 0.255 e. The molecule has 0 bridgehead atoms. The van der Waals surface area contributed by atoms with Gasteiger partial charge >= 0.3 is 0 Å². The Kier molecular flexibility index (Phi) is 13.3. The summed E-state index contributed by atoms with van der Waals surface area (Å²) in [6.45, 7) is 7.07. The molecule has 1 saturated heterocycles. The van der Waals surface area contributed by atoms with Crippen LogP contribution in [0.4, 0.5) is 15.8 Å². The molecule has 51 heavy (non-hydrogen) atoms. The van der Waals surface area contributed by atoms with Gasteiger partial charge in [-0.05, 0) is 66.1 Å². The van der Waals surface area contributed by atoms with Crippen LogP contribution in [0.15, 0.2) is 85.1 Å². The summed E-state index contributed by atoms with van der Waals surface area (Å²) >= 11 is 0. The minimum absolute atomic E-state index is 0.160. The molecule has 0 aliphatic carbocycles. The van der Waals surface area contributed by atoms with Crippen molar-refractivity contribution in [2.24, 2.45) is 0 Å². The van der Waals surface area contributed by atoms with E-state index in [-0.39, 0.29) is 24.3 Å². The summed E-state index contributed by atoms with van der Waals surface area (Å²) in [7, 11) is 3.79. The lowest BCUT2D eigenvalue weighted by Gasteiger charge is -2.28. The number of benzene rings is 3. The topological polar surface area (TPSA) is 107 Å². The van der Waals surface area contributed by atoms with E-state index in [1.807, 2.05) is 31.3 Å². The van der Waals surface area contributed by atoms with Gasteiger partial charge in [0.2, 0.25) is 0 Å². The molecule has 1 aliphatic rings. The zero-order valence-electron chi connectivity index (χ0n) is 29.7. The van der Waals surface area contributed by atoms with Crippen LogP contribution in [0.1, 0.15) is 62.0 Å². The number of amides is 3. The largest absolute Gasteiger partial charge is 0.379 e. The lowest BCUT2D eigenvalue weighted by atomic mass is 10.0. The molecule has 0 spiro atoms. The molecule has 0 saturated carbocycles. The third kappa shape index (κ3) is 10.2. The van der Waals surface area contributed by atoms with Crippen LogP contribution in [0.25, 0.3) is 11.3 Å². The second-order valence-electron chi connectivity index (χ2n) is 12.8. The minimum Gasteiger partial charge on any atom is -0.379 e. The molecule has 1 aliphatic heterocycles. The van der Waals surface area contributed by atoms with Crippen molar-refractivity contribution in [2.45, 2.75) is 33.0 Å². The number of alkyl halides is 1. The van der Waals surface area contributed by atoms with Crippen molar-refractivity contribution in [1.82, 2.24) is 20.1 Å². The number of hydrogen-bond acceptors (Lipinski definition) is 7. The third-order valence-electron chi connectivity index (χ3n) is 9.01. The second kappa shape index (κ2) is 18.2. The Hall–Kier alpha value is -5.13. The maximum atomic E-state index is 13.7. The fourth-order valence-electron chi connectivity index (χ4n) is 5.87. The first-order valence-corrected chi connectivity index (χ1v) is 17.5. The Bertz CT molecular complexity index is 1810. The molecule has 1 aromatic heterocycles. The van der Waals surface area contributed by atoms with Crippen molar-refractivity contribution in [3.05, 3.63) is 113 Å². The van der Waals surface area contributed by atoms with Gasteiger partial charge in [-0.1, -0.05) is 43.7 Å². The van der Waals surface area contributed by atoms with Crippen molar-refractivity contribution in [2.75, 3.05) is 70.2 Å². The number of carbonyl (C=O) groups is 3. The van der Waals surface area contributed by atoms with Crippen LogP contribution >= 0.6 is 0 Å². The van der Waals surface area contributed by atoms with Crippen LogP contribution in [0, 0.1) is 0 Å². The number of morpholine rings is 1. The quantitative estimate of drug-likeness (QED) is 0.156. The first-order chi connectivity index (χ1) is 24.7. The molecular formula is C40H47FN6O4. The van der Waals surface area contributed by atoms with Crippen molar-refractivity contribution in [3.8, 4) is 11.3 Å². The summed E-state index contributed by atoms with van der Waals surface area (Å²) in [6.07, 6.45) is 3.63. The lowest BCUT2D eigenvalue weighted by molar-refractivity contribution is 0.0338. The van der Waals surface area contributed by atoms with Gasteiger partial charge in [0.25, 0.3) is 17.7 Å². The van der Waals surface area contributed by atoms with E-state index in [9.17, 15) is 18.8 Å². The minimum atomic E-state index is -0.572. The van der Waals surface area contributed by atoms with Crippen LogP contribution < -0.4 is 15.5 Å². The van der Waals surface area contributed by atoms with E-state index >= 15 is 0 Å². The Morgan fingerprint density at radius 3 is 2.39 bits per heavy atom. The highest BCUT2D eigenvalue weighted by molar-refractivity contribution is 6.08. The number of nitrogens with zero attached hydrogens (tertiary/aromatic N) is 4. The Labute approximate surface area is 299 Å². The zero-order chi connectivity index (χ0) is 36.2. The maximum Gasteiger partial charge on any atom is 0.255 e. The van der Waals surface area contributed by atoms with Gasteiger partial charge in [0.15, 0.2) is 0 Å². The van der Waals surface area contributed by atoms with Crippen molar-refractivity contribution < 1.29 is 23.5 Å². The molecule has 2 N–H and O–H groups in total. The molecule has 2 heterocycles. The van der Waals surface area contributed by atoms with E-state index < -0.39 is 6.67 Å². The van der Waals surface area contributed by atoms with Crippen LogP contribution in [0.3, 0.4) is 0 Å². The molecule has 0 radical (unpaired) electrons. The fourth-order valence-corrected chi connectivity index (χ4v) is 5.87. The van der Waals surface area contributed by atoms with Crippen molar-refractivity contribution in [3.63, 3.8) is 0 Å². The molecule has 3 amide bonds. The first-order valence-electron chi connectivity index (χ1n) is 17.5. The van der Waals surface area contributed by atoms with Gasteiger partial charge in [-0.2, -0.15) is 0 Å². The number of unbranched alkanes of at least 4 members (excludes halogenated alkanes) is 1. The summed E-state index contributed by atoms with van der Waals surface area (Å²) in [5.41, 5.74) is 5.12. The first kappa shape index (κ1) is 37.1. The SMILES string of the molecule is CCCCN(C)c1ccc(NC(=O)c2cccc(C(=O)N(C)CCN3CCOCC3)c2)c(-c2cc(C(=O)NCc3cccc(CF)c3)ccn2)c1. The summed E-state index contributed by atoms with van der Waals surface area (Å²) < 4.78 is 18.6. The van der Waals surface area contributed by atoms with Crippen molar-refractivity contribution in [1.29, 1.82) is 0 Å². The van der Waals surface area contributed by atoms with Gasteiger partial charge in [-0.15, -0.1) is 0 Å². The van der Waals surface area contributed by atoms with Crippen LogP contribution in [-0.4, -0.2) is 92.5 Å².